The summed E-state index contributed by atoms with van der Waals surface area (Å²) < 4.78 is 0. The zero-order valence-corrected chi connectivity index (χ0v) is 13.5. The predicted molar refractivity (Wildman–Crippen MR) is 90.8 cm³/mol. The Hall–Kier alpha value is -2.27. The highest BCUT2D eigenvalue weighted by atomic mass is 16.1. The molecule has 0 aliphatic carbocycles. The van der Waals surface area contributed by atoms with Crippen LogP contribution in [-0.4, -0.2) is 29.0 Å². The van der Waals surface area contributed by atoms with E-state index in [-0.39, 0.29) is 18.5 Å². The molecule has 0 bridgehead atoms. The Morgan fingerprint density at radius 1 is 1.13 bits per heavy atom. The van der Waals surface area contributed by atoms with Crippen LogP contribution < -0.4 is 10.6 Å². The molecule has 0 spiro atoms. The summed E-state index contributed by atoms with van der Waals surface area (Å²) in [5.74, 6) is 0.0143. The van der Waals surface area contributed by atoms with Gasteiger partial charge in [-0.05, 0) is 30.7 Å². The van der Waals surface area contributed by atoms with E-state index in [1.54, 1.807) is 12.4 Å². The van der Waals surface area contributed by atoms with Gasteiger partial charge in [0.2, 0.25) is 5.91 Å². The van der Waals surface area contributed by atoms with Crippen LogP contribution in [-0.2, 0) is 11.2 Å². The second-order valence-corrected chi connectivity index (χ2v) is 5.42. The summed E-state index contributed by atoms with van der Waals surface area (Å²) in [4.78, 5) is 20.7. The molecule has 2 heterocycles. The third-order valence-corrected chi connectivity index (χ3v) is 3.55. The Balaban J connectivity index is 1.95. The average Bonchev–Trinajstić information content (AvgIpc) is 2.60. The van der Waals surface area contributed by atoms with E-state index in [2.05, 4.69) is 27.5 Å². The van der Waals surface area contributed by atoms with Crippen LogP contribution in [0.2, 0.25) is 0 Å². The van der Waals surface area contributed by atoms with E-state index in [0.717, 1.165) is 30.8 Å². The number of nitrogens with zero attached hydrogens (tertiary/aromatic N) is 2. The molecule has 5 nitrogen and oxygen atoms in total. The molecule has 2 N–H and O–H groups in total. The highest BCUT2D eigenvalue weighted by Crippen LogP contribution is 2.14. The maximum Gasteiger partial charge on any atom is 0.233 e. The molecule has 2 aromatic heterocycles. The standard InChI is InChI=1S/C18H24N4O/c1-2-3-10-21-18(23)14-22-17(16-9-5-7-12-20-16)13-15-8-4-6-11-19-15/h4-9,11-12,17,22H,2-3,10,13-14H2,1H3,(H,21,23). The number of rotatable bonds is 9. The first kappa shape index (κ1) is 17.1. The number of aromatic nitrogens is 2. The molecule has 2 aromatic rings. The van der Waals surface area contributed by atoms with Gasteiger partial charge in [0.1, 0.15) is 0 Å². The molecule has 0 aliphatic rings. The van der Waals surface area contributed by atoms with Crippen LogP contribution in [0.3, 0.4) is 0 Å². The Labute approximate surface area is 137 Å². The Bertz CT molecular complexity index is 574. The van der Waals surface area contributed by atoms with E-state index in [0.29, 0.717) is 6.42 Å². The fraction of sp³-hybridized carbons (Fsp3) is 0.389. The normalized spacial score (nSPS) is 11.9. The fourth-order valence-corrected chi connectivity index (χ4v) is 2.27. The molecule has 1 amide bonds. The van der Waals surface area contributed by atoms with Gasteiger partial charge in [-0.25, -0.2) is 0 Å². The second kappa shape index (κ2) is 9.69. The lowest BCUT2D eigenvalue weighted by atomic mass is 10.1. The molecular weight excluding hydrogens is 288 g/mol. The minimum atomic E-state index is -0.0389. The van der Waals surface area contributed by atoms with Gasteiger partial charge in [0.25, 0.3) is 0 Å². The molecule has 23 heavy (non-hydrogen) atoms. The first-order chi connectivity index (χ1) is 11.3. The van der Waals surface area contributed by atoms with E-state index in [4.69, 9.17) is 0 Å². The minimum Gasteiger partial charge on any atom is -0.355 e. The summed E-state index contributed by atoms with van der Waals surface area (Å²) in [5.41, 5.74) is 1.89. The van der Waals surface area contributed by atoms with E-state index in [1.165, 1.54) is 0 Å². The summed E-state index contributed by atoms with van der Waals surface area (Å²) >= 11 is 0. The van der Waals surface area contributed by atoms with Crippen molar-refractivity contribution in [3.8, 4) is 0 Å². The lowest BCUT2D eigenvalue weighted by Crippen LogP contribution is -2.37. The molecule has 0 aliphatic heterocycles. The molecule has 0 radical (unpaired) electrons. The quantitative estimate of drug-likeness (QED) is 0.697. The highest BCUT2D eigenvalue weighted by molar-refractivity contribution is 5.78. The first-order valence-electron chi connectivity index (χ1n) is 8.10. The summed E-state index contributed by atoms with van der Waals surface area (Å²) in [6, 6.07) is 11.6. The predicted octanol–water partition coefficient (Wildman–Crippen LogP) is 2.27. The second-order valence-electron chi connectivity index (χ2n) is 5.42. The third-order valence-electron chi connectivity index (χ3n) is 3.55. The lowest BCUT2D eigenvalue weighted by Gasteiger charge is -2.18. The van der Waals surface area contributed by atoms with Gasteiger partial charge in [-0.3, -0.25) is 20.1 Å². The van der Waals surface area contributed by atoms with Crippen molar-refractivity contribution >= 4 is 5.91 Å². The first-order valence-corrected chi connectivity index (χ1v) is 8.10. The zero-order chi connectivity index (χ0) is 16.3. The van der Waals surface area contributed by atoms with E-state index < -0.39 is 0 Å². The summed E-state index contributed by atoms with van der Waals surface area (Å²) in [6.07, 6.45) is 6.32. The Kier molecular flexibility index (Phi) is 7.20. The summed E-state index contributed by atoms with van der Waals surface area (Å²) in [6.45, 7) is 3.11. The van der Waals surface area contributed by atoms with E-state index in [9.17, 15) is 4.79 Å². The van der Waals surface area contributed by atoms with Crippen LogP contribution in [0.5, 0.6) is 0 Å². The Morgan fingerprint density at radius 3 is 2.57 bits per heavy atom. The minimum absolute atomic E-state index is 0.0143. The molecule has 0 saturated heterocycles. The van der Waals surface area contributed by atoms with Gasteiger partial charge in [-0.2, -0.15) is 0 Å². The van der Waals surface area contributed by atoms with Gasteiger partial charge in [0, 0.05) is 31.1 Å². The van der Waals surface area contributed by atoms with Gasteiger partial charge in [0.05, 0.1) is 18.3 Å². The van der Waals surface area contributed by atoms with Crippen molar-refractivity contribution in [3.63, 3.8) is 0 Å². The van der Waals surface area contributed by atoms with Crippen LogP contribution in [0.25, 0.3) is 0 Å². The van der Waals surface area contributed by atoms with Gasteiger partial charge in [0.15, 0.2) is 0 Å². The SMILES string of the molecule is CCCCNC(=O)CNC(Cc1ccccn1)c1ccccn1. The Morgan fingerprint density at radius 2 is 1.91 bits per heavy atom. The third kappa shape index (κ3) is 6.16. The number of hydrogen-bond acceptors (Lipinski definition) is 4. The zero-order valence-electron chi connectivity index (χ0n) is 13.5. The van der Waals surface area contributed by atoms with Gasteiger partial charge < -0.3 is 5.32 Å². The monoisotopic (exact) mass is 312 g/mol. The number of carbonyl (C=O) groups is 1. The van der Waals surface area contributed by atoms with Crippen LogP contribution >= 0.6 is 0 Å². The molecule has 1 unspecified atom stereocenters. The smallest absolute Gasteiger partial charge is 0.233 e. The van der Waals surface area contributed by atoms with Crippen LogP contribution in [0.15, 0.2) is 48.8 Å². The number of amides is 1. The van der Waals surface area contributed by atoms with E-state index in [1.807, 2.05) is 36.4 Å². The van der Waals surface area contributed by atoms with Gasteiger partial charge in [-0.15, -0.1) is 0 Å². The highest BCUT2D eigenvalue weighted by Gasteiger charge is 2.15. The number of hydrogen-bond donors (Lipinski definition) is 2. The van der Waals surface area contributed by atoms with Gasteiger partial charge in [-0.1, -0.05) is 25.5 Å². The lowest BCUT2D eigenvalue weighted by molar-refractivity contribution is -0.120. The number of nitrogens with one attached hydrogen (secondary N) is 2. The van der Waals surface area contributed by atoms with Crippen molar-refractivity contribution in [2.75, 3.05) is 13.1 Å². The molecule has 0 aromatic carbocycles. The molecule has 0 saturated carbocycles. The van der Waals surface area contributed by atoms with Crippen molar-refractivity contribution in [2.24, 2.45) is 0 Å². The number of carbonyl (C=O) groups excluding carboxylic acids is 1. The molecule has 1 atom stereocenters. The van der Waals surface area contributed by atoms with Crippen molar-refractivity contribution in [1.82, 2.24) is 20.6 Å². The average molecular weight is 312 g/mol. The van der Waals surface area contributed by atoms with Crippen molar-refractivity contribution in [3.05, 3.63) is 60.2 Å². The molecule has 0 fully saturated rings. The van der Waals surface area contributed by atoms with Crippen molar-refractivity contribution in [2.45, 2.75) is 32.2 Å². The number of unbranched alkanes of at least 4 members (excludes halogenated alkanes) is 1. The van der Waals surface area contributed by atoms with Crippen molar-refractivity contribution in [1.29, 1.82) is 0 Å². The van der Waals surface area contributed by atoms with Crippen LogP contribution in [0, 0.1) is 0 Å². The molecular formula is C18H24N4O. The van der Waals surface area contributed by atoms with Crippen LogP contribution in [0.4, 0.5) is 0 Å². The molecule has 122 valence electrons. The fourth-order valence-electron chi connectivity index (χ4n) is 2.27. The maximum absolute atomic E-state index is 11.9. The summed E-state index contributed by atoms with van der Waals surface area (Å²) in [5, 5.41) is 6.21. The number of pyridine rings is 2. The van der Waals surface area contributed by atoms with Crippen molar-refractivity contribution < 1.29 is 4.79 Å². The molecule has 2 rings (SSSR count). The maximum atomic E-state index is 11.9. The van der Waals surface area contributed by atoms with Gasteiger partial charge >= 0.3 is 0 Å². The largest absolute Gasteiger partial charge is 0.355 e. The topological polar surface area (TPSA) is 66.9 Å². The summed E-state index contributed by atoms with van der Waals surface area (Å²) in [7, 11) is 0. The van der Waals surface area contributed by atoms with E-state index >= 15 is 0 Å². The molecule has 5 heteroatoms. The van der Waals surface area contributed by atoms with Crippen LogP contribution in [0.1, 0.15) is 37.2 Å².